The van der Waals surface area contributed by atoms with E-state index in [-0.39, 0.29) is 29.9 Å². The number of aromatic nitrogens is 1. The lowest BCUT2D eigenvalue weighted by molar-refractivity contribution is -0.163. The molecule has 2 heterocycles. The first-order valence-electron chi connectivity index (χ1n) is 16.6. The average Bonchev–Trinajstić information content (AvgIpc) is 3.04. The van der Waals surface area contributed by atoms with Gasteiger partial charge in [-0.2, -0.15) is 0 Å². The maximum absolute atomic E-state index is 14.0. The minimum atomic E-state index is -1.24. The first-order valence-corrected chi connectivity index (χ1v) is 17.0. The zero-order valence-electron chi connectivity index (χ0n) is 26.3. The number of benzene rings is 2. The van der Waals surface area contributed by atoms with E-state index in [1.54, 1.807) is 6.07 Å². The van der Waals surface area contributed by atoms with Crippen LogP contribution >= 0.6 is 24.0 Å². The number of hydrogen-bond acceptors (Lipinski definition) is 5. The summed E-state index contributed by atoms with van der Waals surface area (Å²) in [4.78, 5) is 34.3. The molecule has 2 N–H and O–H groups in total. The Bertz CT molecular complexity index is 1580. The van der Waals surface area contributed by atoms with Gasteiger partial charge in [-0.1, -0.05) is 48.4 Å². The van der Waals surface area contributed by atoms with Crippen LogP contribution in [0.3, 0.4) is 0 Å². The van der Waals surface area contributed by atoms with Crippen molar-refractivity contribution < 1.29 is 19.4 Å². The Balaban J connectivity index is 0.00000372. The fourth-order valence-corrected chi connectivity index (χ4v) is 9.09. The van der Waals surface area contributed by atoms with Gasteiger partial charge in [0.15, 0.2) is 0 Å². The van der Waals surface area contributed by atoms with Gasteiger partial charge in [0.05, 0.1) is 10.7 Å². The highest BCUT2D eigenvalue weighted by atomic mass is 35.5. The molecule has 4 aliphatic carbocycles. The van der Waals surface area contributed by atoms with Crippen molar-refractivity contribution in [3.05, 3.63) is 70.9 Å². The van der Waals surface area contributed by atoms with Gasteiger partial charge in [0.1, 0.15) is 23.6 Å². The molecule has 0 spiro atoms. The Kier molecular flexibility index (Phi) is 9.65. The summed E-state index contributed by atoms with van der Waals surface area (Å²) in [6, 6.07) is 17.4. The van der Waals surface area contributed by atoms with Crippen molar-refractivity contribution in [2.24, 2.45) is 23.7 Å². The third-order valence-electron chi connectivity index (χ3n) is 11.0. The zero-order chi connectivity index (χ0) is 31.1. The van der Waals surface area contributed by atoms with Crippen molar-refractivity contribution in [3.8, 4) is 28.1 Å². The fourth-order valence-electron chi connectivity index (χ4n) is 8.91. The van der Waals surface area contributed by atoms with E-state index in [0.717, 1.165) is 67.6 Å². The van der Waals surface area contributed by atoms with Gasteiger partial charge in [-0.05, 0) is 124 Å². The molecule has 3 aromatic rings. The molecule has 8 rings (SSSR count). The van der Waals surface area contributed by atoms with Crippen LogP contribution in [0.4, 0.5) is 0 Å². The van der Waals surface area contributed by atoms with Crippen molar-refractivity contribution in [1.82, 2.24) is 15.2 Å². The second kappa shape index (κ2) is 13.5. The minimum Gasteiger partial charge on any atom is -0.491 e. The number of likely N-dealkylation sites (tertiary alicyclic amines) is 1. The van der Waals surface area contributed by atoms with Crippen molar-refractivity contribution in [3.63, 3.8) is 0 Å². The number of nitrogens with zero attached hydrogens (tertiary/aromatic N) is 2. The summed E-state index contributed by atoms with van der Waals surface area (Å²) >= 11 is 6.60. The van der Waals surface area contributed by atoms with Gasteiger partial charge < -0.3 is 15.2 Å². The van der Waals surface area contributed by atoms with Gasteiger partial charge in [0.25, 0.3) is 5.91 Å². The lowest BCUT2D eigenvalue weighted by Gasteiger charge is -2.59. The van der Waals surface area contributed by atoms with E-state index in [2.05, 4.69) is 29.3 Å². The molecule has 46 heavy (non-hydrogen) atoms. The van der Waals surface area contributed by atoms with E-state index in [1.807, 2.05) is 36.4 Å². The monoisotopic (exact) mass is 663 g/mol. The molecule has 5 fully saturated rings. The molecule has 2 aromatic carbocycles. The van der Waals surface area contributed by atoms with E-state index in [1.165, 1.54) is 25.7 Å². The molecular formula is C37H43Cl2N3O4. The molecule has 9 heteroatoms. The number of rotatable bonds is 9. The largest absolute Gasteiger partial charge is 0.491 e. The fraction of sp³-hybridized carbons (Fsp3) is 0.486. The Hall–Kier alpha value is -3.13. The summed E-state index contributed by atoms with van der Waals surface area (Å²) in [5.74, 6) is 0.313. The third kappa shape index (κ3) is 6.14. The summed E-state index contributed by atoms with van der Waals surface area (Å²) in [5, 5.41) is 14.2. The van der Waals surface area contributed by atoms with Crippen LogP contribution in [0.25, 0.3) is 22.4 Å². The quantitative estimate of drug-likeness (QED) is 0.244. The van der Waals surface area contributed by atoms with Gasteiger partial charge in [-0.3, -0.25) is 9.69 Å². The van der Waals surface area contributed by atoms with Crippen LogP contribution < -0.4 is 10.1 Å². The molecular weight excluding hydrogens is 621 g/mol. The molecule has 0 unspecified atom stereocenters. The predicted octanol–water partition coefficient (Wildman–Crippen LogP) is 7.67. The van der Waals surface area contributed by atoms with E-state index in [0.29, 0.717) is 34.9 Å². The number of carbonyl (C=O) groups excluding carboxylic acids is 1. The first-order chi connectivity index (χ1) is 21.8. The highest BCUT2D eigenvalue weighted by Crippen LogP contribution is 2.58. The smallest absolute Gasteiger partial charge is 0.330 e. The molecule has 7 nitrogen and oxygen atoms in total. The van der Waals surface area contributed by atoms with Crippen LogP contribution in [-0.4, -0.2) is 58.6 Å². The SMILES string of the molecule is Cc1ccccc1-c1ccc(C(=O)NC2(C(=O)O)C3CC4CC(C3)CC2C4)nc1-c1ccc(Cl)c(OCCN2CCCCC2)c1.Cl. The predicted molar refractivity (Wildman–Crippen MR) is 183 cm³/mol. The molecule has 1 aromatic heterocycles. The highest BCUT2D eigenvalue weighted by Gasteiger charge is 2.62. The van der Waals surface area contributed by atoms with Gasteiger partial charge in [0.2, 0.25) is 0 Å². The molecule has 5 aliphatic rings. The normalized spacial score (nSPS) is 26.7. The summed E-state index contributed by atoms with van der Waals surface area (Å²) in [7, 11) is 0. The highest BCUT2D eigenvalue weighted by molar-refractivity contribution is 6.32. The number of ether oxygens (including phenoxy) is 1. The van der Waals surface area contributed by atoms with Gasteiger partial charge >= 0.3 is 5.97 Å². The number of carboxylic acids is 1. The molecule has 4 bridgehead atoms. The van der Waals surface area contributed by atoms with Crippen molar-refractivity contribution in [2.75, 3.05) is 26.2 Å². The number of carbonyl (C=O) groups is 2. The summed E-state index contributed by atoms with van der Waals surface area (Å²) in [5.41, 5.74) is 3.36. The second-order valence-corrected chi connectivity index (χ2v) is 14.1. The molecule has 244 valence electrons. The van der Waals surface area contributed by atoms with Crippen LogP contribution in [-0.2, 0) is 4.79 Å². The lowest BCUT2D eigenvalue weighted by atomic mass is 9.48. The van der Waals surface area contributed by atoms with E-state index in [4.69, 9.17) is 21.3 Å². The minimum absolute atomic E-state index is 0. The number of amides is 1. The van der Waals surface area contributed by atoms with E-state index < -0.39 is 17.4 Å². The number of halogens is 2. The topological polar surface area (TPSA) is 91.8 Å². The number of nitrogens with one attached hydrogen (secondary N) is 1. The molecule has 1 aliphatic heterocycles. The van der Waals surface area contributed by atoms with Crippen molar-refractivity contribution in [1.29, 1.82) is 0 Å². The zero-order valence-corrected chi connectivity index (χ0v) is 27.9. The number of piperidine rings is 1. The third-order valence-corrected chi connectivity index (χ3v) is 11.3. The second-order valence-electron chi connectivity index (χ2n) is 13.7. The molecule has 1 saturated heterocycles. The van der Waals surface area contributed by atoms with Crippen LogP contribution in [0.1, 0.15) is 67.4 Å². The molecule has 0 atom stereocenters. The average molecular weight is 665 g/mol. The number of aliphatic carboxylic acids is 1. The Morgan fingerprint density at radius 3 is 2.33 bits per heavy atom. The number of pyridine rings is 1. The number of aryl methyl sites for hydroxylation is 1. The van der Waals surface area contributed by atoms with Gasteiger partial charge in [-0.15, -0.1) is 12.4 Å². The van der Waals surface area contributed by atoms with E-state index in [9.17, 15) is 14.7 Å². The standard InChI is InChI=1S/C37H42ClN3O4.ClH/c1-23-7-3-4-8-29(23)30-10-12-32(35(42)40-37(36(43)44)27-18-24-17-25(20-27)21-28(37)19-24)39-34(30)26-9-11-31(38)33(22-26)45-16-15-41-13-5-2-6-14-41;/h3-4,7-12,22,24-25,27-28H,2,5-6,13-21H2,1H3,(H,40,42)(H,43,44);1H. The maximum Gasteiger partial charge on any atom is 0.330 e. The summed E-state index contributed by atoms with van der Waals surface area (Å²) in [6.45, 7) is 5.63. The van der Waals surface area contributed by atoms with Crippen LogP contribution in [0.5, 0.6) is 5.75 Å². The van der Waals surface area contributed by atoms with Crippen LogP contribution in [0.2, 0.25) is 5.02 Å². The Labute approximate surface area is 282 Å². The van der Waals surface area contributed by atoms with Crippen LogP contribution in [0, 0.1) is 30.6 Å². The molecule has 0 radical (unpaired) electrons. The summed E-state index contributed by atoms with van der Waals surface area (Å²) < 4.78 is 6.20. The molecule has 1 amide bonds. The van der Waals surface area contributed by atoms with Crippen molar-refractivity contribution >= 4 is 35.9 Å². The van der Waals surface area contributed by atoms with Gasteiger partial charge in [0, 0.05) is 17.7 Å². The Morgan fingerprint density at radius 1 is 0.957 bits per heavy atom. The van der Waals surface area contributed by atoms with Crippen LogP contribution in [0.15, 0.2) is 54.6 Å². The lowest BCUT2D eigenvalue weighted by Crippen LogP contribution is -2.70. The summed E-state index contributed by atoms with van der Waals surface area (Å²) in [6.07, 6.45) is 8.43. The maximum atomic E-state index is 14.0. The number of carboxylic acid groups (broad SMARTS) is 1. The Morgan fingerprint density at radius 2 is 1.65 bits per heavy atom. The van der Waals surface area contributed by atoms with Gasteiger partial charge in [-0.25, -0.2) is 9.78 Å². The first kappa shape index (κ1) is 32.8. The van der Waals surface area contributed by atoms with E-state index >= 15 is 0 Å². The number of hydrogen-bond donors (Lipinski definition) is 2. The molecule has 4 saturated carbocycles. The van der Waals surface area contributed by atoms with Crippen molar-refractivity contribution in [2.45, 2.75) is 63.8 Å².